The quantitative estimate of drug-likeness (QED) is 0.336. The number of aliphatic hydroxyl groups excluding tert-OH is 1. The molecule has 1 saturated heterocycles. The van der Waals surface area contributed by atoms with Crippen LogP contribution in [0.2, 0.25) is 5.02 Å². The minimum atomic E-state index is -1.11. The second-order valence-electron chi connectivity index (χ2n) is 7.06. The summed E-state index contributed by atoms with van der Waals surface area (Å²) in [5, 5.41) is 21.6. The summed E-state index contributed by atoms with van der Waals surface area (Å²) in [6, 6.07) is 14.5. The molecule has 3 aromatic rings. The molecule has 1 heterocycles. The topological polar surface area (TPSA) is 87.1 Å². The van der Waals surface area contributed by atoms with Crippen LogP contribution in [-0.2, 0) is 9.59 Å². The average molecular weight is 454 g/mol. The summed E-state index contributed by atoms with van der Waals surface area (Å²) in [4.78, 5) is 27.2. The first kappa shape index (κ1) is 21.4. The lowest BCUT2D eigenvalue weighted by molar-refractivity contribution is -0.132. The van der Waals surface area contributed by atoms with Gasteiger partial charge in [0.05, 0.1) is 29.4 Å². The van der Waals surface area contributed by atoms with Gasteiger partial charge in [-0.3, -0.25) is 14.5 Å². The van der Waals surface area contributed by atoms with E-state index >= 15 is 0 Å². The summed E-state index contributed by atoms with van der Waals surface area (Å²) in [7, 11) is 1.44. The molecular weight excluding hydrogens is 437 g/mol. The number of ketones is 1. The Morgan fingerprint density at radius 3 is 2.38 bits per heavy atom. The third-order valence-electron chi connectivity index (χ3n) is 5.20. The molecule has 3 aromatic carbocycles. The fourth-order valence-corrected chi connectivity index (χ4v) is 3.94. The monoisotopic (exact) mass is 453 g/mol. The van der Waals surface area contributed by atoms with Crippen LogP contribution in [0.5, 0.6) is 11.5 Å². The Kier molecular flexibility index (Phi) is 5.59. The van der Waals surface area contributed by atoms with Crippen molar-refractivity contribution in [2.75, 3.05) is 12.0 Å². The Morgan fingerprint density at radius 1 is 1.06 bits per heavy atom. The van der Waals surface area contributed by atoms with Gasteiger partial charge in [-0.05, 0) is 48.0 Å². The van der Waals surface area contributed by atoms with Gasteiger partial charge in [-0.15, -0.1) is 0 Å². The van der Waals surface area contributed by atoms with Crippen LogP contribution >= 0.6 is 11.6 Å². The van der Waals surface area contributed by atoms with E-state index in [-0.39, 0.29) is 27.6 Å². The van der Waals surface area contributed by atoms with Gasteiger partial charge in [0.2, 0.25) is 0 Å². The Morgan fingerprint density at radius 2 is 1.75 bits per heavy atom. The number of aliphatic hydroxyl groups is 1. The van der Waals surface area contributed by atoms with E-state index in [4.69, 9.17) is 16.3 Å². The first-order chi connectivity index (χ1) is 15.3. The summed E-state index contributed by atoms with van der Waals surface area (Å²) < 4.78 is 18.7. The maximum Gasteiger partial charge on any atom is 0.300 e. The number of Topliss-reactive ketones (excluding diaryl/α,β-unsaturated/α-hetero) is 1. The van der Waals surface area contributed by atoms with Crippen molar-refractivity contribution in [1.29, 1.82) is 0 Å². The number of ether oxygens (including phenoxy) is 1. The predicted molar refractivity (Wildman–Crippen MR) is 117 cm³/mol. The van der Waals surface area contributed by atoms with Crippen molar-refractivity contribution in [2.24, 2.45) is 0 Å². The van der Waals surface area contributed by atoms with Crippen molar-refractivity contribution in [3.8, 4) is 11.5 Å². The number of carbonyl (C=O) groups excluding carboxylic acids is 2. The second-order valence-corrected chi connectivity index (χ2v) is 7.47. The van der Waals surface area contributed by atoms with Gasteiger partial charge >= 0.3 is 0 Å². The van der Waals surface area contributed by atoms with Gasteiger partial charge in [0.15, 0.2) is 0 Å². The van der Waals surface area contributed by atoms with Crippen LogP contribution in [0.25, 0.3) is 5.76 Å². The lowest BCUT2D eigenvalue weighted by Gasteiger charge is -2.26. The number of anilines is 1. The number of para-hydroxylation sites is 2. The number of nitrogens with zero attached hydrogens (tertiary/aromatic N) is 1. The number of aromatic hydroxyl groups is 1. The maximum atomic E-state index is 13.6. The summed E-state index contributed by atoms with van der Waals surface area (Å²) in [5.41, 5.74) is 0.426. The highest BCUT2D eigenvalue weighted by molar-refractivity contribution is 6.52. The van der Waals surface area contributed by atoms with Crippen molar-refractivity contribution < 1.29 is 28.9 Å². The van der Waals surface area contributed by atoms with Crippen LogP contribution in [0.15, 0.2) is 72.3 Å². The lowest BCUT2D eigenvalue weighted by Crippen LogP contribution is -2.29. The number of hydrogen-bond donors (Lipinski definition) is 2. The molecule has 2 N–H and O–H groups in total. The van der Waals surface area contributed by atoms with Crippen molar-refractivity contribution in [3.05, 3.63) is 94.3 Å². The van der Waals surface area contributed by atoms with Gasteiger partial charge in [-0.25, -0.2) is 4.39 Å². The summed E-state index contributed by atoms with van der Waals surface area (Å²) >= 11 is 6.17. The molecule has 162 valence electrons. The molecule has 1 amide bonds. The molecule has 0 radical (unpaired) electrons. The number of carbonyl (C=O) groups is 2. The van der Waals surface area contributed by atoms with Crippen LogP contribution in [0.3, 0.4) is 0 Å². The third kappa shape index (κ3) is 3.56. The molecule has 4 rings (SSSR count). The predicted octanol–water partition coefficient (Wildman–Crippen LogP) is 4.82. The van der Waals surface area contributed by atoms with Crippen LogP contribution in [0.4, 0.5) is 10.1 Å². The van der Waals surface area contributed by atoms with Gasteiger partial charge in [0.25, 0.3) is 11.7 Å². The lowest BCUT2D eigenvalue weighted by atomic mass is 9.95. The highest BCUT2D eigenvalue weighted by Gasteiger charge is 2.47. The molecule has 0 aromatic heterocycles. The fraction of sp³-hybridized carbons (Fsp3) is 0.0833. The Balaban J connectivity index is 1.95. The number of benzene rings is 3. The molecule has 32 heavy (non-hydrogen) atoms. The first-order valence-corrected chi connectivity index (χ1v) is 9.89. The highest BCUT2D eigenvalue weighted by atomic mass is 35.5. The Labute approximate surface area is 187 Å². The van der Waals surface area contributed by atoms with Crippen LogP contribution in [0, 0.1) is 5.82 Å². The summed E-state index contributed by atoms with van der Waals surface area (Å²) in [5.74, 6) is -2.72. The van der Waals surface area contributed by atoms with E-state index < -0.39 is 29.3 Å². The van der Waals surface area contributed by atoms with Gasteiger partial charge in [-0.2, -0.15) is 0 Å². The largest absolute Gasteiger partial charge is 0.507 e. The molecule has 1 atom stereocenters. The van der Waals surface area contributed by atoms with E-state index in [1.54, 1.807) is 12.1 Å². The van der Waals surface area contributed by atoms with Gasteiger partial charge in [0.1, 0.15) is 23.1 Å². The summed E-state index contributed by atoms with van der Waals surface area (Å²) in [6.07, 6.45) is 0. The number of halogens is 2. The van der Waals surface area contributed by atoms with E-state index in [9.17, 15) is 24.2 Å². The maximum absolute atomic E-state index is 13.6. The highest BCUT2D eigenvalue weighted by Crippen LogP contribution is 2.45. The van der Waals surface area contributed by atoms with Gasteiger partial charge in [0, 0.05) is 5.56 Å². The molecule has 6 nitrogen and oxygen atoms in total. The first-order valence-electron chi connectivity index (χ1n) is 9.52. The van der Waals surface area contributed by atoms with Crippen LogP contribution in [0.1, 0.15) is 17.2 Å². The number of amides is 1. The van der Waals surface area contributed by atoms with E-state index in [1.165, 1.54) is 61.7 Å². The van der Waals surface area contributed by atoms with Crippen molar-refractivity contribution in [2.45, 2.75) is 6.04 Å². The molecule has 1 aliphatic heterocycles. The fourth-order valence-electron chi connectivity index (χ4n) is 3.68. The number of methoxy groups -OCH3 is 1. The molecule has 0 bridgehead atoms. The molecular formula is C24H17ClFNO5. The molecule has 8 heteroatoms. The number of rotatable bonds is 4. The second kappa shape index (κ2) is 8.36. The normalized spacial score (nSPS) is 17.6. The van der Waals surface area contributed by atoms with Crippen molar-refractivity contribution in [3.63, 3.8) is 0 Å². The minimum Gasteiger partial charge on any atom is -0.507 e. The molecule has 0 saturated carbocycles. The zero-order valence-electron chi connectivity index (χ0n) is 16.8. The third-order valence-corrected chi connectivity index (χ3v) is 5.49. The van der Waals surface area contributed by atoms with Crippen molar-refractivity contribution in [1.82, 2.24) is 0 Å². The van der Waals surface area contributed by atoms with Crippen LogP contribution < -0.4 is 9.64 Å². The van der Waals surface area contributed by atoms with E-state index in [0.717, 1.165) is 4.90 Å². The van der Waals surface area contributed by atoms with Crippen LogP contribution in [-0.4, -0.2) is 29.0 Å². The standard InChI is InChI=1S/C24H17ClFNO5/c1-32-19-11-8-14(12-16(19)25)22(29)20-21(13-6-9-15(26)10-7-13)27(24(31)23(20)30)17-4-2-3-5-18(17)28/h2-12,21,28-29H,1H3/b22-20-. The molecule has 1 unspecified atom stereocenters. The van der Waals surface area contributed by atoms with Gasteiger partial charge < -0.3 is 14.9 Å². The SMILES string of the molecule is COc1ccc(/C(O)=C2/C(=O)C(=O)N(c3ccccc3O)C2c2ccc(F)cc2)cc1Cl. The molecule has 1 aliphatic rings. The van der Waals surface area contributed by atoms with Crippen molar-refractivity contribution >= 4 is 34.7 Å². The van der Waals surface area contributed by atoms with E-state index in [1.807, 2.05) is 0 Å². The Bertz CT molecular complexity index is 1260. The zero-order valence-corrected chi connectivity index (χ0v) is 17.5. The smallest absolute Gasteiger partial charge is 0.300 e. The van der Waals surface area contributed by atoms with Gasteiger partial charge in [-0.1, -0.05) is 35.9 Å². The van der Waals surface area contributed by atoms with E-state index in [0.29, 0.717) is 11.3 Å². The average Bonchev–Trinajstić information content (AvgIpc) is 3.04. The summed E-state index contributed by atoms with van der Waals surface area (Å²) in [6.45, 7) is 0. The number of hydrogen-bond acceptors (Lipinski definition) is 5. The Hall–Kier alpha value is -3.84. The van der Waals surface area contributed by atoms with E-state index in [2.05, 4.69) is 0 Å². The minimum absolute atomic E-state index is 0.0794. The number of phenols is 1. The molecule has 0 aliphatic carbocycles. The zero-order chi connectivity index (χ0) is 23.0. The molecule has 0 spiro atoms. The molecule has 1 fully saturated rings. The number of phenolic OH excluding ortho intramolecular Hbond substituents is 1.